The molecule has 0 bridgehead atoms. The van der Waals surface area contributed by atoms with E-state index in [1.807, 2.05) is 13.0 Å². The molecule has 4 rings (SSSR count). The highest BCUT2D eigenvalue weighted by atomic mass is 19.4. The van der Waals surface area contributed by atoms with Gasteiger partial charge < -0.3 is 15.0 Å². The van der Waals surface area contributed by atoms with Crippen molar-refractivity contribution >= 4 is 22.5 Å². The molecule has 1 heterocycles. The van der Waals surface area contributed by atoms with Gasteiger partial charge in [0.15, 0.2) is 0 Å². The number of halogens is 3. The summed E-state index contributed by atoms with van der Waals surface area (Å²) in [6.07, 6.45) is -1.26. The largest absolute Gasteiger partial charge is 0.489 e. The second-order valence-electron chi connectivity index (χ2n) is 8.01. The SMILES string of the molecule is C=C1CC(C)(C(=O)Nc2c[nH]c3ccc(OCc4ccc(C(F)(F)F)cc4)cc23)C1. The minimum absolute atomic E-state index is 0.0492. The van der Waals surface area contributed by atoms with Crippen molar-refractivity contribution in [1.82, 2.24) is 4.98 Å². The fourth-order valence-electron chi connectivity index (χ4n) is 3.74. The van der Waals surface area contributed by atoms with Gasteiger partial charge in [0.25, 0.3) is 0 Å². The molecule has 0 spiro atoms. The molecule has 0 unspecified atom stereocenters. The van der Waals surface area contributed by atoms with Crippen LogP contribution in [0, 0.1) is 5.41 Å². The van der Waals surface area contributed by atoms with Gasteiger partial charge in [0.1, 0.15) is 12.4 Å². The smallest absolute Gasteiger partial charge is 0.416 e. The molecule has 156 valence electrons. The number of aromatic amines is 1. The molecule has 1 aromatic heterocycles. The number of carbonyl (C=O) groups excluding carboxylic acids is 1. The number of hydrogen-bond acceptors (Lipinski definition) is 2. The lowest BCUT2D eigenvalue weighted by molar-refractivity contribution is -0.137. The van der Waals surface area contributed by atoms with Gasteiger partial charge in [0.2, 0.25) is 5.91 Å². The van der Waals surface area contributed by atoms with Crippen molar-refractivity contribution in [2.75, 3.05) is 5.32 Å². The number of benzene rings is 2. The summed E-state index contributed by atoms with van der Waals surface area (Å²) in [5.41, 5.74) is 2.08. The molecule has 4 nitrogen and oxygen atoms in total. The summed E-state index contributed by atoms with van der Waals surface area (Å²) in [5.74, 6) is 0.507. The first-order valence-electron chi connectivity index (χ1n) is 9.52. The molecule has 1 saturated carbocycles. The van der Waals surface area contributed by atoms with Crippen LogP contribution in [0.1, 0.15) is 30.9 Å². The first kappa shape index (κ1) is 20.1. The second kappa shape index (κ2) is 7.23. The Bertz CT molecular complexity index is 1110. The summed E-state index contributed by atoms with van der Waals surface area (Å²) in [6.45, 7) is 5.96. The average molecular weight is 414 g/mol. The van der Waals surface area contributed by atoms with Crippen LogP contribution in [0.2, 0.25) is 0 Å². The fourth-order valence-corrected chi connectivity index (χ4v) is 3.74. The Balaban J connectivity index is 1.46. The molecule has 0 saturated heterocycles. The van der Waals surface area contributed by atoms with Gasteiger partial charge in [-0.3, -0.25) is 4.79 Å². The Morgan fingerprint density at radius 2 is 1.90 bits per heavy atom. The van der Waals surface area contributed by atoms with Crippen molar-refractivity contribution < 1.29 is 22.7 Å². The van der Waals surface area contributed by atoms with E-state index in [-0.39, 0.29) is 12.5 Å². The van der Waals surface area contributed by atoms with E-state index in [1.54, 1.807) is 18.3 Å². The molecule has 2 aromatic carbocycles. The van der Waals surface area contributed by atoms with Crippen LogP contribution in [-0.4, -0.2) is 10.9 Å². The zero-order valence-electron chi connectivity index (χ0n) is 16.4. The molecule has 0 atom stereocenters. The molecular weight excluding hydrogens is 393 g/mol. The van der Waals surface area contributed by atoms with E-state index in [0.29, 0.717) is 29.8 Å². The van der Waals surface area contributed by atoms with Crippen molar-refractivity contribution in [1.29, 1.82) is 0 Å². The third-order valence-corrected chi connectivity index (χ3v) is 5.42. The zero-order valence-corrected chi connectivity index (χ0v) is 16.4. The van der Waals surface area contributed by atoms with E-state index in [2.05, 4.69) is 16.9 Å². The normalized spacial score (nSPS) is 15.7. The number of amides is 1. The fraction of sp³-hybridized carbons (Fsp3) is 0.261. The Labute approximate surface area is 171 Å². The summed E-state index contributed by atoms with van der Waals surface area (Å²) in [6, 6.07) is 10.3. The second-order valence-corrected chi connectivity index (χ2v) is 8.01. The van der Waals surface area contributed by atoms with Gasteiger partial charge in [-0.25, -0.2) is 0 Å². The Morgan fingerprint density at radius 3 is 2.53 bits per heavy atom. The number of anilines is 1. The molecule has 1 fully saturated rings. The number of nitrogens with one attached hydrogen (secondary N) is 2. The molecule has 1 amide bonds. The van der Waals surface area contributed by atoms with Crippen LogP contribution < -0.4 is 10.1 Å². The highest BCUT2D eigenvalue weighted by Gasteiger charge is 2.42. The highest BCUT2D eigenvalue weighted by molar-refractivity contribution is 6.04. The van der Waals surface area contributed by atoms with E-state index < -0.39 is 17.2 Å². The number of hydrogen-bond donors (Lipinski definition) is 2. The van der Waals surface area contributed by atoms with Crippen LogP contribution in [0.5, 0.6) is 5.75 Å². The summed E-state index contributed by atoms with van der Waals surface area (Å²) in [5, 5.41) is 3.78. The van der Waals surface area contributed by atoms with E-state index in [9.17, 15) is 18.0 Å². The van der Waals surface area contributed by atoms with Crippen LogP contribution in [0.4, 0.5) is 18.9 Å². The van der Waals surface area contributed by atoms with Crippen molar-refractivity contribution in [3.63, 3.8) is 0 Å². The topological polar surface area (TPSA) is 54.1 Å². The van der Waals surface area contributed by atoms with E-state index >= 15 is 0 Å². The van der Waals surface area contributed by atoms with Crippen LogP contribution in [-0.2, 0) is 17.6 Å². The number of fused-ring (bicyclic) bond motifs is 1. The van der Waals surface area contributed by atoms with Gasteiger partial charge in [0.05, 0.1) is 16.7 Å². The first-order chi connectivity index (χ1) is 14.1. The number of aromatic nitrogens is 1. The first-order valence-corrected chi connectivity index (χ1v) is 9.52. The number of allylic oxidation sites excluding steroid dienone is 1. The number of alkyl halides is 3. The number of H-pyrrole nitrogens is 1. The summed E-state index contributed by atoms with van der Waals surface area (Å²) < 4.78 is 43.8. The van der Waals surface area contributed by atoms with Crippen molar-refractivity contribution in [3.05, 3.63) is 71.9 Å². The van der Waals surface area contributed by atoms with Crippen LogP contribution in [0.25, 0.3) is 10.9 Å². The predicted octanol–water partition coefficient (Wildman–Crippen LogP) is 6.06. The lowest BCUT2D eigenvalue weighted by atomic mass is 9.67. The molecule has 30 heavy (non-hydrogen) atoms. The third-order valence-electron chi connectivity index (χ3n) is 5.42. The van der Waals surface area contributed by atoms with Crippen molar-refractivity contribution in [2.24, 2.45) is 5.41 Å². The molecule has 2 N–H and O–H groups in total. The van der Waals surface area contributed by atoms with E-state index in [4.69, 9.17) is 4.74 Å². The predicted molar refractivity (Wildman–Crippen MR) is 109 cm³/mol. The Morgan fingerprint density at radius 1 is 1.20 bits per heavy atom. The summed E-state index contributed by atoms with van der Waals surface area (Å²) >= 11 is 0. The maximum absolute atomic E-state index is 12.7. The summed E-state index contributed by atoms with van der Waals surface area (Å²) in [7, 11) is 0. The molecule has 1 aliphatic carbocycles. The van der Waals surface area contributed by atoms with Gasteiger partial charge in [-0.15, -0.1) is 0 Å². The summed E-state index contributed by atoms with van der Waals surface area (Å²) in [4.78, 5) is 15.7. The van der Waals surface area contributed by atoms with Crippen molar-refractivity contribution in [3.8, 4) is 5.75 Å². The quantitative estimate of drug-likeness (QED) is 0.499. The molecular formula is C23H21F3N2O2. The van der Waals surface area contributed by atoms with Gasteiger partial charge >= 0.3 is 6.18 Å². The monoisotopic (exact) mass is 414 g/mol. The molecule has 0 aliphatic heterocycles. The van der Waals surface area contributed by atoms with Crippen LogP contribution in [0.15, 0.2) is 60.8 Å². The Hall–Kier alpha value is -3.22. The number of ether oxygens (including phenoxy) is 1. The lowest BCUT2D eigenvalue weighted by Gasteiger charge is -2.38. The standard InChI is InChI=1S/C23H21F3N2O2/c1-14-10-22(2,11-14)21(29)28-20-12-27-19-8-7-17(9-18(19)20)30-13-15-3-5-16(6-4-15)23(24,25)26/h3-9,12,27H,1,10-11,13H2,2H3,(H,28,29). The third kappa shape index (κ3) is 3.92. The van der Waals surface area contributed by atoms with E-state index in [0.717, 1.165) is 28.6 Å². The zero-order chi connectivity index (χ0) is 21.5. The van der Waals surface area contributed by atoms with Gasteiger partial charge in [-0.1, -0.05) is 31.2 Å². The average Bonchev–Trinajstić information content (AvgIpc) is 3.07. The highest BCUT2D eigenvalue weighted by Crippen LogP contribution is 2.45. The maximum Gasteiger partial charge on any atom is 0.416 e. The van der Waals surface area contributed by atoms with Crippen LogP contribution >= 0.6 is 0 Å². The number of carbonyl (C=O) groups is 1. The lowest BCUT2D eigenvalue weighted by Crippen LogP contribution is -2.40. The van der Waals surface area contributed by atoms with E-state index in [1.165, 1.54) is 12.1 Å². The molecule has 3 aromatic rings. The molecule has 1 aliphatic rings. The minimum atomic E-state index is -4.36. The number of rotatable bonds is 5. The molecule has 7 heteroatoms. The van der Waals surface area contributed by atoms with Gasteiger partial charge in [-0.05, 0) is 48.7 Å². The molecule has 0 radical (unpaired) electrons. The van der Waals surface area contributed by atoms with Crippen molar-refractivity contribution in [2.45, 2.75) is 32.5 Å². The minimum Gasteiger partial charge on any atom is -0.489 e. The van der Waals surface area contributed by atoms with Crippen LogP contribution in [0.3, 0.4) is 0 Å². The Kier molecular flexibility index (Phi) is 4.84. The van der Waals surface area contributed by atoms with Gasteiger partial charge in [0, 0.05) is 17.1 Å². The van der Waals surface area contributed by atoms with Gasteiger partial charge in [-0.2, -0.15) is 13.2 Å². The maximum atomic E-state index is 12.7.